The summed E-state index contributed by atoms with van der Waals surface area (Å²) in [7, 11) is -3.79. The second-order valence-corrected chi connectivity index (χ2v) is 8.54. The van der Waals surface area contributed by atoms with Crippen molar-refractivity contribution in [1.82, 2.24) is 4.31 Å². The molecule has 0 spiro atoms. The SMILES string of the molecule is CCOC(=O)[C@@H]1CCCN(S(=O)(=O)c2ccc3c(c2)N(C(C)=O)CCO3)C1. The minimum Gasteiger partial charge on any atom is -0.490 e. The topological polar surface area (TPSA) is 93.2 Å². The third kappa shape index (κ3) is 3.93. The maximum Gasteiger partial charge on any atom is 0.310 e. The summed E-state index contributed by atoms with van der Waals surface area (Å²) in [4.78, 5) is 25.5. The number of amides is 1. The number of nitrogens with zero attached hydrogens (tertiary/aromatic N) is 2. The van der Waals surface area contributed by atoms with Gasteiger partial charge in [0.2, 0.25) is 15.9 Å². The fourth-order valence-corrected chi connectivity index (χ4v) is 4.99. The van der Waals surface area contributed by atoms with E-state index >= 15 is 0 Å². The molecule has 1 aromatic rings. The summed E-state index contributed by atoms with van der Waals surface area (Å²) in [6.45, 7) is 4.63. The Morgan fingerprint density at radius 3 is 2.78 bits per heavy atom. The monoisotopic (exact) mass is 396 g/mol. The second kappa shape index (κ2) is 7.85. The third-order valence-electron chi connectivity index (χ3n) is 4.82. The van der Waals surface area contributed by atoms with Crippen LogP contribution in [-0.2, 0) is 24.3 Å². The van der Waals surface area contributed by atoms with Gasteiger partial charge < -0.3 is 14.4 Å². The van der Waals surface area contributed by atoms with Crippen molar-refractivity contribution in [2.24, 2.45) is 5.92 Å². The molecule has 1 aromatic carbocycles. The summed E-state index contributed by atoms with van der Waals surface area (Å²) in [6, 6.07) is 4.52. The Kier molecular flexibility index (Phi) is 5.71. The van der Waals surface area contributed by atoms with E-state index in [0.717, 1.165) is 0 Å². The summed E-state index contributed by atoms with van der Waals surface area (Å²) in [5.74, 6) is -0.505. The lowest BCUT2D eigenvalue weighted by Gasteiger charge is -2.32. The number of benzene rings is 1. The molecule has 27 heavy (non-hydrogen) atoms. The van der Waals surface area contributed by atoms with Crippen LogP contribution in [-0.4, -0.2) is 57.4 Å². The molecule has 0 N–H and O–H groups in total. The predicted molar refractivity (Wildman–Crippen MR) is 98.1 cm³/mol. The van der Waals surface area contributed by atoms with Crippen LogP contribution < -0.4 is 9.64 Å². The highest BCUT2D eigenvalue weighted by molar-refractivity contribution is 7.89. The van der Waals surface area contributed by atoms with Gasteiger partial charge in [0.05, 0.1) is 29.7 Å². The first-order valence-corrected chi connectivity index (χ1v) is 10.5. The van der Waals surface area contributed by atoms with Gasteiger partial charge in [0.1, 0.15) is 12.4 Å². The molecule has 0 aliphatic carbocycles. The van der Waals surface area contributed by atoms with Crippen LogP contribution in [0.2, 0.25) is 0 Å². The molecule has 0 unspecified atom stereocenters. The van der Waals surface area contributed by atoms with E-state index in [2.05, 4.69) is 0 Å². The van der Waals surface area contributed by atoms with Gasteiger partial charge in [0.25, 0.3) is 0 Å². The Morgan fingerprint density at radius 2 is 2.07 bits per heavy atom. The first-order valence-electron chi connectivity index (χ1n) is 9.06. The predicted octanol–water partition coefficient (Wildman–Crippen LogP) is 1.40. The zero-order valence-electron chi connectivity index (χ0n) is 15.5. The molecule has 2 heterocycles. The quantitative estimate of drug-likeness (QED) is 0.714. The highest BCUT2D eigenvalue weighted by atomic mass is 32.2. The fraction of sp³-hybridized carbons (Fsp3) is 0.556. The van der Waals surface area contributed by atoms with Gasteiger partial charge in [0, 0.05) is 20.0 Å². The molecular formula is C18H24N2O6S. The van der Waals surface area contributed by atoms with E-state index in [9.17, 15) is 18.0 Å². The van der Waals surface area contributed by atoms with Gasteiger partial charge >= 0.3 is 5.97 Å². The Morgan fingerprint density at radius 1 is 1.30 bits per heavy atom. The normalized spacial score (nSPS) is 20.5. The van der Waals surface area contributed by atoms with Crippen molar-refractivity contribution in [3.63, 3.8) is 0 Å². The van der Waals surface area contributed by atoms with Crippen LogP contribution in [0.5, 0.6) is 5.75 Å². The highest BCUT2D eigenvalue weighted by Crippen LogP contribution is 2.35. The smallest absolute Gasteiger partial charge is 0.310 e. The van der Waals surface area contributed by atoms with Crippen LogP contribution in [0.25, 0.3) is 0 Å². The van der Waals surface area contributed by atoms with Gasteiger partial charge in [-0.15, -0.1) is 0 Å². The average Bonchev–Trinajstić information content (AvgIpc) is 2.67. The molecule has 148 valence electrons. The number of anilines is 1. The van der Waals surface area contributed by atoms with Crippen molar-refractivity contribution in [2.45, 2.75) is 31.6 Å². The molecule has 0 aromatic heterocycles. The number of carbonyl (C=O) groups excluding carboxylic acids is 2. The molecule has 0 saturated carbocycles. The summed E-state index contributed by atoms with van der Waals surface area (Å²) in [5.41, 5.74) is 0.453. The number of esters is 1. The van der Waals surface area contributed by atoms with E-state index < -0.39 is 15.9 Å². The second-order valence-electron chi connectivity index (χ2n) is 6.60. The van der Waals surface area contributed by atoms with Crippen molar-refractivity contribution in [2.75, 3.05) is 37.7 Å². The molecule has 9 heteroatoms. The maximum atomic E-state index is 13.1. The zero-order chi connectivity index (χ0) is 19.6. The molecular weight excluding hydrogens is 372 g/mol. The van der Waals surface area contributed by atoms with Gasteiger partial charge in [-0.25, -0.2) is 8.42 Å². The fourth-order valence-electron chi connectivity index (χ4n) is 3.45. The Bertz CT molecular complexity index is 838. The Labute approximate surface area is 159 Å². The molecule has 0 bridgehead atoms. The molecule has 2 aliphatic rings. The third-order valence-corrected chi connectivity index (χ3v) is 6.68. The van der Waals surface area contributed by atoms with Crippen molar-refractivity contribution in [3.8, 4) is 5.75 Å². The molecule has 1 amide bonds. The first kappa shape index (κ1) is 19.6. The van der Waals surface area contributed by atoms with Gasteiger partial charge in [-0.05, 0) is 38.0 Å². The zero-order valence-corrected chi connectivity index (χ0v) is 16.3. The van der Waals surface area contributed by atoms with Crippen LogP contribution in [0.15, 0.2) is 23.1 Å². The average molecular weight is 396 g/mol. The van der Waals surface area contributed by atoms with Crippen molar-refractivity contribution < 1.29 is 27.5 Å². The lowest BCUT2D eigenvalue weighted by atomic mass is 10.0. The van der Waals surface area contributed by atoms with Gasteiger partial charge in [-0.2, -0.15) is 4.31 Å². The highest BCUT2D eigenvalue weighted by Gasteiger charge is 2.35. The lowest BCUT2D eigenvalue weighted by Crippen LogP contribution is -2.43. The summed E-state index contributed by atoms with van der Waals surface area (Å²) in [6.07, 6.45) is 1.21. The maximum absolute atomic E-state index is 13.1. The Hall–Kier alpha value is -2.13. The molecule has 1 fully saturated rings. The first-order chi connectivity index (χ1) is 12.8. The Balaban J connectivity index is 1.88. The van der Waals surface area contributed by atoms with E-state index in [1.165, 1.54) is 28.3 Å². The van der Waals surface area contributed by atoms with Gasteiger partial charge in [-0.3, -0.25) is 9.59 Å². The standard InChI is InChI=1S/C18H24N2O6S/c1-3-25-18(22)14-5-4-8-19(12-14)27(23,24)15-6-7-17-16(11-15)20(13(2)21)9-10-26-17/h6-7,11,14H,3-5,8-10,12H2,1-2H3/t14-/m1/s1. The largest absolute Gasteiger partial charge is 0.490 e. The molecule has 2 aliphatic heterocycles. The van der Waals surface area contributed by atoms with E-state index in [1.54, 1.807) is 13.0 Å². The van der Waals surface area contributed by atoms with Crippen molar-refractivity contribution in [1.29, 1.82) is 0 Å². The number of rotatable bonds is 4. The summed E-state index contributed by atoms with van der Waals surface area (Å²) in [5, 5.41) is 0. The van der Waals surface area contributed by atoms with Crippen molar-refractivity contribution >= 4 is 27.6 Å². The van der Waals surface area contributed by atoms with E-state index in [0.29, 0.717) is 44.0 Å². The molecule has 1 atom stereocenters. The number of piperidine rings is 1. The number of carbonyl (C=O) groups is 2. The van der Waals surface area contributed by atoms with Crippen LogP contribution in [0.1, 0.15) is 26.7 Å². The number of hydrogen-bond donors (Lipinski definition) is 0. The minimum atomic E-state index is -3.79. The van der Waals surface area contributed by atoms with Crippen LogP contribution in [0.4, 0.5) is 5.69 Å². The summed E-state index contributed by atoms with van der Waals surface area (Å²) >= 11 is 0. The van der Waals surface area contributed by atoms with E-state index in [-0.39, 0.29) is 29.9 Å². The van der Waals surface area contributed by atoms with Gasteiger partial charge in [-0.1, -0.05) is 0 Å². The van der Waals surface area contributed by atoms with Gasteiger partial charge in [0.15, 0.2) is 0 Å². The molecule has 3 rings (SSSR count). The molecule has 0 radical (unpaired) electrons. The van der Waals surface area contributed by atoms with E-state index in [4.69, 9.17) is 9.47 Å². The van der Waals surface area contributed by atoms with Crippen molar-refractivity contribution in [3.05, 3.63) is 18.2 Å². The number of ether oxygens (including phenoxy) is 2. The summed E-state index contributed by atoms with van der Waals surface area (Å²) < 4.78 is 38.1. The van der Waals surface area contributed by atoms with Crippen LogP contribution in [0.3, 0.4) is 0 Å². The van der Waals surface area contributed by atoms with Crippen LogP contribution in [0, 0.1) is 5.92 Å². The molecule has 8 nitrogen and oxygen atoms in total. The van der Waals surface area contributed by atoms with E-state index in [1.807, 2.05) is 0 Å². The van der Waals surface area contributed by atoms with Crippen LogP contribution >= 0.6 is 0 Å². The minimum absolute atomic E-state index is 0.0857. The number of sulfonamides is 1. The number of fused-ring (bicyclic) bond motifs is 1. The lowest BCUT2D eigenvalue weighted by molar-refractivity contribution is -0.149. The number of hydrogen-bond acceptors (Lipinski definition) is 6. The molecule has 1 saturated heterocycles.